The van der Waals surface area contributed by atoms with E-state index in [0.29, 0.717) is 30.4 Å². The SMILES string of the molecule is Cc1cc(CNc2n[nH]c(Cc3ccc(N4CCN(C(C)C)CC4)cc3)c2C(N)=O)cc(C)c1C. The summed E-state index contributed by atoms with van der Waals surface area (Å²) >= 11 is 0. The van der Waals surface area contributed by atoms with E-state index in [0.717, 1.165) is 43.0 Å². The molecule has 0 unspecified atom stereocenters. The number of aryl methyl sites for hydroxylation is 2. The predicted octanol–water partition coefficient (Wildman–Crippen LogP) is 4.17. The first-order valence-corrected chi connectivity index (χ1v) is 12.5. The average molecular weight is 475 g/mol. The molecule has 35 heavy (non-hydrogen) atoms. The van der Waals surface area contributed by atoms with Crippen LogP contribution < -0.4 is 16.0 Å². The highest BCUT2D eigenvalue weighted by molar-refractivity contribution is 5.99. The van der Waals surface area contributed by atoms with Crippen molar-refractivity contribution >= 4 is 17.4 Å². The number of benzene rings is 2. The molecule has 2 heterocycles. The van der Waals surface area contributed by atoms with Gasteiger partial charge in [0.25, 0.3) is 5.91 Å². The number of nitrogens with two attached hydrogens (primary N) is 1. The number of carbonyl (C=O) groups is 1. The number of primary amides is 1. The second-order valence-corrected chi connectivity index (χ2v) is 9.96. The molecule has 2 aromatic carbocycles. The maximum absolute atomic E-state index is 12.3. The van der Waals surface area contributed by atoms with Crippen LogP contribution in [0.25, 0.3) is 0 Å². The van der Waals surface area contributed by atoms with Crippen molar-refractivity contribution in [1.82, 2.24) is 15.1 Å². The normalized spacial score (nSPS) is 14.5. The maximum atomic E-state index is 12.3. The molecule has 3 aromatic rings. The fourth-order valence-corrected chi connectivity index (χ4v) is 4.84. The second-order valence-electron chi connectivity index (χ2n) is 9.96. The van der Waals surface area contributed by atoms with Crippen LogP contribution in [0.3, 0.4) is 0 Å². The molecule has 0 radical (unpaired) electrons. The van der Waals surface area contributed by atoms with Gasteiger partial charge in [-0.1, -0.05) is 24.3 Å². The largest absolute Gasteiger partial charge is 0.369 e. The lowest BCUT2D eigenvalue weighted by molar-refractivity contribution is 0.100. The molecule has 1 fully saturated rings. The standard InChI is InChI=1S/C28H38N6O/c1-18(2)33-10-12-34(13-11-33)24-8-6-22(7-9-24)16-25-26(27(29)35)28(32-31-25)30-17-23-14-19(3)21(5)20(4)15-23/h6-9,14-15,18H,10-13,16-17H2,1-5H3,(H2,29,35)(H2,30,31,32). The lowest BCUT2D eigenvalue weighted by atomic mass is 10.0. The molecule has 1 amide bonds. The highest BCUT2D eigenvalue weighted by Gasteiger charge is 2.20. The Bertz CT molecular complexity index is 1150. The van der Waals surface area contributed by atoms with Crippen molar-refractivity contribution in [2.45, 2.75) is 53.6 Å². The molecule has 1 aliphatic heterocycles. The van der Waals surface area contributed by atoms with E-state index in [1.54, 1.807) is 0 Å². The number of piperazine rings is 1. The lowest BCUT2D eigenvalue weighted by Gasteiger charge is -2.38. The number of aromatic nitrogens is 2. The number of hydrogen-bond acceptors (Lipinski definition) is 5. The Morgan fingerprint density at radius 1 is 1.03 bits per heavy atom. The molecule has 0 saturated carbocycles. The Balaban J connectivity index is 1.43. The summed E-state index contributed by atoms with van der Waals surface area (Å²) in [7, 11) is 0. The number of amides is 1. The molecule has 0 aliphatic carbocycles. The molecule has 0 bridgehead atoms. The molecule has 4 rings (SSSR count). The van der Waals surface area contributed by atoms with Crippen LogP contribution in [0, 0.1) is 20.8 Å². The van der Waals surface area contributed by atoms with Crippen molar-refractivity contribution in [1.29, 1.82) is 0 Å². The Hall–Kier alpha value is -3.32. The first kappa shape index (κ1) is 24.8. The molecule has 0 spiro atoms. The molecule has 7 nitrogen and oxygen atoms in total. The minimum absolute atomic E-state index is 0.430. The fourth-order valence-electron chi connectivity index (χ4n) is 4.84. The lowest BCUT2D eigenvalue weighted by Crippen LogP contribution is -2.48. The number of nitrogens with zero attached hydrogens (tertiary/aromatic N) is 3. The van der Waals surface area contributed by atoms with Crippen LogP contribution in [0.4, 0.5) is 11.5 Å². The summed E-state index contributed by atoms with van der Waals surface area (Å²) in [5.41, 5.74) is 14.2. The first-order chi connectivity index (χ1) is 16.7. The zero-order valence-electron chi connectivity index (χ0n) is 21.6. The number of anilines is 2. The van der Waals surface area contributed by atoms with Crippen LogP contribution in [-0.2, 0) is 13.0 Å². The van der Waals surface area contributed by atoms with Crippen LogP contribution in [0.5, 0.6) is 0 Å². The van der Waals surface area contributed by atoms with Crippen molar-refractivity contribution in [3.63, 3.8) is 0 Å². The molecule has 0 atom stereocenters. The van der Waals surface area contributed by atoms with Crippen LogP contribution in [0.2, 0.25) is 0 Å². The van der Waals surface area contributed by atoms with Crippen LogP contribution >= 0.6 is 0 Å². The molecular formula is C28H38N6O. The number of nitrogens with one attached hydrogen (secondary N) is 2. The topological polar surface area (TPSA) is 90.3 Å². The van der Waals surface area contributed by atoms with Crippen molar-refractivity contribution in [3.05, 3.63) is 75.5 Å². The van der Waals surface area contributed by atoms with Gasteiger partial charge >= 0.3 is 0 Å². The van der Waals surface area contributed by atoms with Crippen molar-refractivity contribution in [2.24, 2.45) is 5.73 Å². The fraction of sp³-hybridized carbons (Fsp3) is 0.429. The summed E-state index contributed by atoms with van der Waals surface area (Å²) in [4.78, 5) is 17.3. The minimum Gasteiger partial charge on any atom is -0.369 e. The summed E-state index contributed by atoms with van der Waals surface area (Å²) in [5, 5.41) is 10.7. The van der Waals surface area contributed by atoms with E-state index in [1.165, 1.54) is 22.4 Å². The van der Waals surface area contributed by atoms with E-state index in [-0.39, 0.29) is 0 Å². The Kier molecular flexibility index (Phi) is 7.45. The first-order valence-electron chi connectivity index (χ1n) is 12.5. The predicted molar refractivity (Wildman–Crippen MR) is 143 cm³/mol. The van der Waals surface area contributed by atoms with Gasteiger partial charge in [0.05, 0.1) is 5.69 Å². The van der Waals surface area contributed by atoms with Crippen molar-refractivity contribution in [3.8, 4) is 0 Å². The van der Waals surface area contributed by atoms with Gasteiger partial charge in [-0.15, -0.1) is 0 Å². The van der Waals surface area contributed by atoms with Gasteiger partial charge in [0.2, 0.25) is 0 Å². The molecule has 1 saturated heterocycles. The van der Waals surface area contributed by atoms with Crippen molar-refractivity contribution in [2.75, 3.05) is 36.4 Å². The summed E-state index contributed by atoms with van der Waals surface area (Å²) in [6.45, 7) is 15.7. The third kappa shape index (κ3) is 5.68. The number of carbonyl (C=O) groups excluding carboxylic acids is 1. The summed E-state index contributed by atoms with van der Waals surface area (Å²) in [6.07, 6.45) is 0.567. The monoisotopic (exact) mass is 474 g/mol. The minimum atomic E-state index is -0.479. The molecular weight excluding hydrogens is 436 g/mol. The Morgan fingerprint density at radius 3 is 2.23 bits per heavy atom. The molecule has 186 valence electrons. The van der Waals surface area contributed by atoms with E-state index >= 15 is 0 Å². The highest BCUT2D eigenvalue weighted by atomic mass is 16.1. The van der Waals surface area contributed by atoms with E-state index < -0.39 is 5.91 Å². The van der Waals surface area contributed by atoms with E-state index in [4.69, 9.17) is 5.73 Å². The van der Waals surface area contributed by atoms with Gasteiger partial charge in [-0.25, -0.2) is 0 Å². The maximum Gasteiger partial charge on any atom is 0.254 e. The van der Waals surface area contributed by atoms with Crippen LogP contribution in [-0.4, -0.2) is 53.2 Å². The van der Waals surface area contributed by atoms with Crippen LogP contribution in [0.15, 0.2) is 36.4 Å². The number of rotatable bonds is 8. The number of aromatic amines is 1. The van der Waals surface area contributed by atoms with E-state index in [1.807, 2.05) is 0 Å². The average Bonchev–Trinajstić information content (AvgIpc) is 3.24. The van der Waals surface area contributed by atoms with Gasteiger partial charge in [0, 0.05) is 50.9 Å². The van der Waals surface area contributed by atoms with E-state index in [2.05, 4.69) is 96.3 Å². The van der Waals surface area contributed by atoms with Gasteiger partial charge in [-0.05, 0) is 74.6 Å². The van der Waals surface area contributed by atoms with Crippen molar-refractivity contribution < 1.29 is 4.79 Å². The molecule has 1 aliphatic rings. The van der Waals surface area contributed by atoms with Gasteiger partial charge in [0.15, 0.2) is 5.82 Å². The summed E-state index contributed by atoms with van der Waals surface area (Å²) in [6, 6.07) is 13.5. The Labute approximate surface area is 208 Å². The van der Waals surface area contributed by atoms with Gasteiger partial charge in [-0.3, -0.25) is 14.8 Å². The molecule has 4 N–H and O–H groups in total. The highest BCUT2D eigenvalue weighted by Crippen LogP contribution is 2.23. The summed E-state index contributed by atoms with van der Waals surface area (Å²) in [5.74, 6) is 0.0233. The van der Waals surface area contributed by atoms with Gasteiger partial charge < -0.3 is 16.0 Å². The summed E-state index contributed by atoms with van der Waals surface area (Å²) < 4.78 is 0. The third-order valence-electron chi connectivity index (χ3n) is 7.26. The zero-order chi connectivity index (χ0) is 25.1. The quantitative estimate of drug-likeness (QED) is 0.456. The number of H-pyrrole nitrogens is 1. The number of hydrogen-bond donors (Lipinski definition) is 3. The van der Waals surface area contributed by atoms with Gasteiger partial charge in [0.1, 0.15) is 5.56 Å². The third-order valence-corrected chi connectivity index (χ3v) is 7.26. The molecule has 1 aromatic heterocycles. The molecule has 7 heteroatoms. The Morgan fingerprint density at radius 2 is 1.66 bits per heavy atom. The van der Waals surface area contributed by atoms with Gasteiger partial charge in [-0.2, -0.15) is 5.10 Å². The second kappa shape index (κ2) is 10.5. The smallest absolute Gasteiger partial charge is 0.254 e. The zero-order valence-corrected chi connectivity index (χ0v) is 21.6. The van der Waals surface area contributed by atoms with E-state index in [9.17, 15) is 4.79 Å². The van der Waals surface area contributed by atoms with Crippen LogP contribution in [0.1, 0.15) is 57.7 Å².